The minimum atomic E-state index is -0.0976. The first-order chi connectivity index (χ1) is 12.5. The number of thiazole rings is 1. The van der Waals surface area contributed by atoms with Gasteiger partial charge in [0.25, 0.3) is 5.91 Å². The summed E-state index contributed by atoms with van der Waals surface area (Å²) in [5.74, 6) is -0.0976. The Kier molecular flexibility index (Phi) is 5.75. The van der Waals surface area contributed by atoms with Crippen LogP contribution in [0.3, 0.4) is 0 Å². The van der Waals surface area contributed by atoms with Crippen LogP contribution in [0.4, 0.5) is 0 Å². The Morgan fingerprint density at radius 3 is 2.50 bits per heavy atom. The molecule has 0 fully saturated rings. The molecule has 2 aromatic heterocycles. The summed E-state index contributed by atoms with van der Waals surface area (Å²) in [6.45, 7) is 3.26. The van der Waals surface area contributed by atoms with Crippen LogP contribution in [-0.2, 0) is 13.1 Å². The lowest BCUT2D eigenvalue weighted by Gasteiger charge is -2.10. The van der Waals surface area contributed by atoms with Crippen LogP contribution in [0.2, 0.25) is 0 Å². The van der Waals surface area contributed by atoms with Gasteiger partial charge in [0, 0.05) is 19.3 Å². The molecule has 0 saturated heterocycles. The van der Waals surface area contributed by atoms with E-state index in [1.807, 2.05) is 39.2 Å². The van der Waals surface area contributed by atoms with Gasteiger partial charge < -0.3 is 10.2 Å². The number of pyridine rings is 1. The van der Waals surface area contributed by atoms with Gasteiger partial charge >= 0.3 is 0 Å². The maximum Gasteiger partial charge on any atom is 0.263 e. The number of carbonyl (C=O) groups excluding carboxylic acids is 1. The second kappa shape index (κ2) is 8.21. The average Bonchev–Trinajstić information content (AvgIpc) is 3.03. The lowest BCUT2D eigenvalue weighted by molar-refractivity contribution is 0.0954. The van der Waals surface area contributed by atoms with Crippen LogP contribution in [0.5, 0.6) is 0 Å². The Morgan fingerprint density at radius 2 is 1.85 bits per heavy atom. The first-order valence-corrected chi connectivity index (χ1v) is 9.24. The highest BCUT2D eigenvalue weighted by Crippen LogP contribution is 2.26. The van der Waals surface area contributed by atoms with Crippen molar-refractivity contribution >= 4 is 17.2 Å². The van der Waals surface area contributed by atoms with Crippen molar-refractivity contribution in [3.63, 3.8) is 0 Å². The third kappa shape index (κ3) is 4.53. The van der Waals surface area contributed by atoms with Gasteiger partial charge in [0.2, 0.25) is 0 Å². The van der Waals surface area contributed by atoms with E-state index in [2.05, 4.69) is 44.5 Å². The van der Waals surface area contributed by atoms with Crippen molar-refractivity contribution in [1.29, 1.82) is 0 Å². The maximum absolute atomic E-state index is 12.5. The smallest absolute Gasteiger partial charge is 0.263 e. The molecule has 0 bridgehead atoms. The summed E-state index contributed by atoms with van der Waals surface area (Å²) < 4.78 is 0. The highest BCUT2D eigenvalue weighted by Gasteiger charge is 2.16. The van der Waals surface area contributed by atoms with E-state index >= 15 is 0 Å². The van der Waals surface area contributed by atoms with E-state index in [9.17, 15) is 4.79 Å². The zero-order valence-corrected chi connectivity index (χ0v) is 16.0. The number of amides is 1. The molecule has 5 nitrogen and oxygen atoms in total. The molecule has 26 heavy (non-hydrogen) atoms. The highest BCUT2D eigenvalue weighted by atomic mass is 32.1. The molecule has 2 heterocycles. The second-order valence-electron chi connectivity index (χ2n) is 6.39. The molecule has 0 atom stereocenters. The highest BCUT2D eigenvalue weighted by molar-refractivity contribution is 7.17. The van der Waals surface area contributed by atoms with Gasteiger partial charge in [0.15, 0.2) is 0 Å². The predicted octanol–water partition coefficient (Wildman–Crippen LogP) is 3.51. The number of benzene rings is 1. The number of hydrogen-bond donors (Lipinski definition) is 1. The summed E-state index contributed by atoms with van der Waals surface area (Å²) in [4.78, 5) is 24.1. The Hall–Kier alpha value is -2.57. The first-order valence-electron chi connectivity index (χ1n) is 8.42. The van der Waals surface area contributed by atoms with Crippen molar-refractivity contribution in [2.24, 2.45) is 0 Å². The van der Waals surface area contributed by atoms with Gasteiger partial charge in [-0.1, -0.05) is 30.3 Å². The lowest BCUT2D eigenvalue weighted by atomic mass is 10.1. The van der Waals surface area contributed by atoms with Crippen molar-refractivity contribution < 1.29 is 4.79 Å². The molecular formula is C20H22N4OS. The van der Waals surface area contributed by atoms with E-state index in [1.54, 1.807) is 6.20 Å². The Labute approximate surface area is 157 Å². The molecule has 134 valence electrons. The van der Waals surface area contributed by atoms with Crippen LogP contribution in [0.25, 0.3) is 10.7 Å². The molecule has 0 aliphatic rings. The van der Waals surface area contributed by atoms with E-state index in [1.165, 1.54) is 16.9 Å². The number of hydrogen-bond acceptors (Lipinski definition) is 5. The fourth-order valence-electron chi connectivity index (χ4n) is 2.60. The predicted molar refractivity (Wildman–Crippen MR) is 105 cm³/mol. The van der Waals surface area contributed by atoms with Gasteiger partial charge in [-0.15, -0.1) is 11.3 Å². The SMILES string of the molecule is Cc1nc(-c2ccccn2)sc1C(=O)NCc1ccc(CN(C)C)cc1. The van der Waals surface area contributed by atoms with Crippen LogP contribution >= 0.6 is 11.3 Å². The molecular weight excluding hydrogens is 344 g/mol. The summed E-state index contributed by atoms with van der Waals surface area (Å²) in [6, 6.07) is 14.0. The van der Waals surface area contributed by atoms with Crippen molar-refractivity contribution in [2.45, 2.75) is 20.0 Å². The molecule has 0 spiro atoms. The van der Waals surface area contributed by atoms with Gasteiger partial charge in [-0.05, 0) is 44.3 Å². The van der Waals surface area contributed by atoms with Crippen LogP contribution in [0, 0.1) is 6.92 Å². The number of aromatic nitrogens is 2. The molecule has 1 N–H and O–H groups in total. The summed E-state index contributed by atoms with van der Waals surface area (Å²) in [5, 5.41) is 3.75. The summed E-state index contributed by atoms with van der Waals surface area (Å²) in [7, 11) is 4.09. The third-order valence-electron chi connectivity index (χ3n) is 3.86. The fourth-order valence-corrected chi connectivity index (χ4v) is 3.56. The lowest BCUT2D eigenvalue weighted by Crippen LogP contribution is -2.22. The molecule has 0 radical (unpaired) electrons. The van der Waals surface area contributed by atoms with Crippen LogP contribution < -0.4 is 5.32 Å². The molecule has 0 unspecified atom stereocenters. The van der Waals surface area contributed by atoms with E-state index in [4.69, 9.17) is 0 Å². The van der Waals surface area contributed by atoms with E-state index in [0.29, 0.717) is 11.4 Å². The summed E-state index contributed by atoms with van der Waals surface area (Å²) in [5.41, 5.74) is 3.85. The molecule has 1 amide bonds. The van der Waals surface area contributed by atoms with Gasteiger partial charge in [-0.2, -0.15) is 0 Å². The zero-order valence-electron chi connectivity index (χ0n) is 15.2. The largest absolute Gasteiger partial charge is 0.347 e. The molecule has 0 saturated carbocycles. The van der Waals surface area contributed by atoms with Crippen molar-refractivity contribution in [2.75, 3.05) is 14.1 Å². The zero-order chi connectivity index (χ0) is 18.5. The topological polar surface area (TPSA) is 58.1 Å². The van der Waals surface area contributed by atoms with Gasteiger partial charge in [-0.25, -0.2) is 4.98 Å². The van der Waals surface area contributed by atoms with Gasteiger partial charge in [-0.3, -0.25) is 9.78 Å². The van der Waals surface area contributed by atoms with E-state index in [-0.39, 0.29) is 5.91 Å². The molecule has 6 heteroatoms. The van der Waals surface area contributed by atoms with Crippen molar-refractivity contribution in [3.8, 4) is 10.7 Å². The number of nitrogens with one attached hydrogen (secondary N) is 1. The van der Waals surface area contributed by atoms with Crippen LogP contribution in [0.15, 0.2) is 48.7 Å². The number of aryl methyl sites for hydroxylation is 1. The Balaban J connectivity index is 1.64. The molecule has 1 aromatic carbocycles. The monoisotopic (exact) mass is 366 g/mol. The van der Waals surface area contributed by atoms with Crippen LogP contribution in [-0.4, -0.2) is 34.9 Å². The van der Waals surface area contributed by atoms with Crippen LogP contribution in [0.1, 0.15) is 26.5 Å². The average molecular weight is 366 g/mol. The molecule has 0 aliphatic heterocycles. The normalized spacial score (nSPS) is 10.9. The quantitative estimate of drug-likeness (QED) is 0.725. The minimum absolute atomic E-state index is 0.0976. The Morgan fingerprint density at radius 1 is 1.12 bits per heavy atom. The second-order valence-corrected chi connectivity index (χ2v) is 7.38. The van der Waals surface area contributed by atoms with Crippen molar-refractivity contribution in [3.05, 3.63) is 70.4 Å². The maximum atomic E-state index is 12.5. The summed E-state index contributed by atoms with van der Waals surface area (Å²) >= 11 is 1.37. The molecule has 3 rings (SSSR count). The number of rotatable bonds is 6. The molecule has 0 aliphatic carbocycles. The third-order valence-corrected chi connectivity index (χ3v) is 5.04. The summed E-state index contributed by atoms with van der Waals surface area (Å²) in [6.07, 6.45) is 1.73. The van der Waals surface area contributed by atoms with Gasteiger partial charge in [0.1, 0.15) is 9.88 Å². The van der Waals surface area contributed by atoms with E-state index < -0.39 is 0 Å². The minimum Gasteiger partial charge on any atom is -0.347 e. The van der Waals surface area contributed by atoms with Crippen molar-refractivity contribution in [1.82, 2.24) is 20.2 Å². The first kappa shape index (κ1) is 18.2. The van der Waals surface area contributed by atoms with Gasteiger partial charge in [0.05, 0.1) is 11.4 Å². The van der Waals surface area contributed by atoms with E-state index in [0.717, 1.165) is 28.5 Å². The molecule has 3 aromatic rings. The number of carbonyl (C=O) groups is 1. The standard InChI is InChI=1S/C20H22N4OS/c1-14-18(26-20(23-14)17-6-4-5-11-21-17)19(25)22-12-15-7-9-16(10-8-15)13-24(2)3/h4-11H,12-13H2,1-3H3,(H,22,25). The fraction of sp³-hybridized carbons (Fsp3) is 0.250. The Bertz CT molecular complexity index is 873. The number of nitrogens with zero attached hydrogens (tertiary/aromatic N) is 3.